The van der Waals surface area contributed by atoms with E-state index in [1.807, 2.05) is 52.0 Å². The Morgan fingerprint density at radius 3 is 2.37 bits per heavy atom. The Morgan fingerprint density at radius 2 is 1.84 bits per heavy atom. The number of nitrogens with one attached hydrogen (secondary N) is 2. The van der Waals surface area contributed by atoms with Crippen molar-refractivity contribution in [2.45, 2.75) is 46.3 Å². The summed E-state index contributed by atoms with van der Waals surface area (Å²) in [6.45, 7) is 8.87. The van der Waals surface area contributed by atoms with Crippen molar-refractivity contribution in [3.63, 3.8) is 0 Å². The summed E-state index contributed by atoms with van der Waals surface area (Å²) in [4.78, 5) is 11.8. The van der Waals surface area contributed by atoms with E-state index in [4.69, 9.17) is 4.74 Å². The Hall–Kier alpha value is -1.55. The van der Waals surface area contributed by atoms with Gasteiger partial charge in [-0.2, -0.15) is 0 Å². The lowest BCUT2D eigenvalue weighted by Crippen LogP contribution is -2.30. The molecule has 1 amide bonds. The zero-order valence-electron chi connectivity index (χ0n) is 12.2. The van der Waals surface area contributed by atoms with Crippen LogP contribution in [0.3, 0.4) is 0 Å². The predicted octanol–water partition coefficient (Wildman–Crippen LogP) is 2.80. The quantitative estimate of drug-likeness (QED) is 0.796. The second kappa shape index (κ2) is 7.79. The molecule has 0 saturated heterocycles. The molecule has 19 heavy (non-hydrogen) atoms. The van der Waals surface area contributed by atoms with Gasteiger partial charge in [0.15, 0.2) is 0 Å². The highest BCUT2D eigenvalue weighted by atomic mass is 16.5. The maximum atomic E-state index is 11.8. The van der Waals surface area contributed by atoms with Gasteiger partial charge in [0.05, 0.1) is 6.10 Å². The van der Waals surface area contributed by atoms with Crippen LogP contribution in [-0.2, 0) is 4.79 Å². The molecule has 0 spiro atoms. The lowest BCUT2D eigenvalue weighted by atomic mass is 10.2. The van der Waals surface area contributed by atoms with Crippen LogP contribution >= 0.6 is 0 Å². The van der Waals surface area contributed by atoms with Crippen molar-refractivity contribution in [3.8, 4) is 5.75 Å². The lowest BCUT2D eigenvalue weighted by molar-refractivity contribution is -0.116. The molecule has 1 unspecified atom stereocenters. The molecule has 0 fully saturated rings. The van der Waals surface area contributed by atoms with Crippen molar-refractivity contribution < 1.29 is 9.53 Å². The molecule has 0 bridgehead atoms. The van der Waals surface area contributed by atoms with Crippen LogP contribution in [0.1, 0.15) is 34.1 Å². The van der Waals surface area contributed by atoms with Crippen LogP contribution in [0.5, 0.6) is 5.75 Å². The average Bonchev–Trinajstić information content (AvgIpc) is 2.31. The number of hydrogen-bond acceptors (Lipinski definition) is 3. The standard InChI is InChI=1S/C15H24N2O2/c1-5-16-12(4)10-15(18)17-13-6-8-14(9-7-13)19-11(2)3/h6-9,11-12,16H,5,10H2,1-4H3,(H,17,18). The second-order valence-corrected chi connectivity index (χ2v) is 4.90. The van der Waals surface area contributed by atoms with Gasteiger partial charge in [-0.05, 0) is 51.6 Å². The summed E-state index contributed by atoms with van der Waals surface area (Å²) in [5.74, 6) is 0.833. The Balaban J connectivity index is 2.46. The average molecular weight is 264 g/mol. The van der Waals surface area contributed by atoms with Crippen molar-refractivity contribution in [2.75, 3.05) is 11.9 Å². The van der Waals surface area contributed by atoms with Crippen LogP contribution in [0.2, 0.25) is 0 Å². The second-order valence-electron chi connectivity index (χ2n) is 4.90. The van der Waals surface area contributed by atoms with E-state index in [9.17, 15) is 4.79 Å². The summed E-state index contributed by atoms with van der Waals surface area (Å²) in [7, 11) is 0. The first-order valence-corrected chi connectivity index (χ1v) is 6.81. The van der Waals surface area contributed by atoms with E-state index in [2.05, 4.69) is 10.6 Å². The fourth-order valence-corrected chi connectivity index (χ4v) is 1.80. The maximum absolute atomic E-state index is 11.8. The molecular weight excluding hydrogens is 240 g/mol. The van der Waals surface area contributed by atoms with Gasteiger partial charge in [-0.15, -0.1) is 0 Å². The fraction of sp³-hybridized carbons (Fsp3) is 0.533. The minimum atomic E-state index is 0.0194. The van der Waals surface area contributed by atoms with Crippen LogP contribution in [-0.4, -0.2) is 24.6 Å². The van der Waals surface area contributed by atoms with Gasteiger partial charge in [-0.1, -0.05) is 6.92 Å². The highest BCUT2D eigenvalue weighted by molar-refractivity contribution is 5.91. The molecule has 0 saturated carbocycles. The summed E-state index contributed by atoms with van der Waals surface area (Å²) in [5.41, 5.74) is 0.796. The SMILES string of the molecule is CCNC(C)CC(=O)Nc1ccc(OC(C)C)cc1. The van der Waals surface area contributed by atoms with Crippen LogP contribution in [0.25, 0.3) is 0 Å². The fourth-order valence-electron chi connectivity index (χ4n) is 1.80. The van der Waals surface area contributed by atoms with Crippen LogP contribution in [0.15, 0.2) is 24.3 Å². The molecular formula is C15H24N2O2. The first-order valence-electron chi connectivity index (χ1n) is 6.81. The number of anilines is 1. The molecule has 0 aliphatic rings. The Labute approximate surface area is 115 Å². The molecule has 106 valence electrons. The van der Waals surface area contributed by atoms with Gasteiger partial charge < -0.3 is 15.4 Å². The monoisotopic (exact) mass is 264 g/mol. The highest BCUT2D eigenvalue weighted by Gasteiger charge is 2.08. The molecule has 1 rings (SSSR count). The molecule has 0 aliphatic heterocycles. The van der Waals surface area contributed by atoms with E-state index in [1.54, 1.807) is 0 Å². The molecule has 0 aromatic heterocycles. The van der Waals surface area contributed by atoms with E-state index >= 15 is 0 Å². The highest BCUT2D eigenvalue weighted by Crippen LogP contribution is 2.17. The third-order valence-corrected chi connectivity index (χ3v) is 2.55. The van der Waals surface area contributed by atoms with E-state index in [0.717, 1.165) is 18.0 Å². The van der Waals surface area contributed by atoms with Crippen molar-refractivity contribution >= 4 is 11.6 Å². The minimum Gasteiger partial charge on any atom is -0.491 e. The number of amides is 1. The maximum Gasteiger partial charge on any atom is 0.225 e. The number of carbonyl (C=O) groups is 1. The van der Waals surface area contributed by atoms with Crippen LogP contribution < -0.4 is 15.4 Å². The van der Waals surface area contributed by atoms with E-state index in [1.165, 1.54) is 0 Å². The molecule has 0 heterocycles. The first kappa shape index (κ1) is 15.5. The normalized spacial score (nSPS) is 12.3. The van der Waals surface area contributed by atoms with Gasteiger partial charge in [-0.25, -0.2) is 0 Å². The van der Waals surface area contributed by atoms with Crippen molar-refractivity contribution in [2.24, 2.45) is 0 Å². The summed E-state index contributed by atoms with van der Waals surface area (Å²) in [6, 6.07) is 7.63. The van der Waals surface area contributed by atoms with Crippen molar-refractivity contribution in [1.29, 1.82) is 0 Å². The first-order chi connectivity index (χ1) is 9.01. The molecule has 0 aliphatic carbocycles. The summed E-state index contributed by atoms with van der Waals surface area (Å²) < 4.78 is 5.55. The van der Waals surface area contributed by atoms with Gasteiger partial charge in [0.2, 0.25) is 5.91 Å². The molecule has 1 aromatic carbocycles. The zero-order valence-corrected chi connectivity index (χ0v) is 12.2. The zero-order chi connectivity index (χ0) is 14.3. The number of hydrogen-bond donors (Lipinski definition) is 2. The Morgan fingerprint density at radius 1 is 1.21 bits per heavy atom. The van der Waals surface area contributed by atoms with E-state index in [0.29, 0.717) is 6.42 Å². The van der Waals surface area contributed by atoms with Crippen LogP contribution in [0, 0.1) is 0 Å². The molecule has 1 aromatic rings. The number of rotatable bonds is 7. The van der Waals surface area contributed by atoms with Gasteiger partial charge in [0, 0.05) is 18.2 Å². The minimum absolute atomic E-state index is 0.0194. The number of carbonyl (C=O) groups excluding carboxylic acids is 1. The largest absolute Gasteiger partial charge is 0.491 e. The smallest absolute Gasteiger partial charge is 0.225 e. The van der Waals surface area contributed by atoms with Crippen molar-refractivity contribution in [1.82, 2.24) is 5.32 Å². The third kappa shape index (κ3) is 6.25. The summed E-state index contributed by atoms with van der Waals surface area (Å²) in [6.07, 6.45) is 0.624. The van der Waals surface area contributed by atoms with Gasteiger partial charge in [-0.3, -0.25) is 4.79 Å². The van der Waals surface area contributed by atoms with E-state index in [-0.39, 0.29) is 18.1 Å². The van der Waals surface area contributed by atoms with Gasteiger partial charge in [0.1, 0.15) is 5.75 Å². The summed E-state index contributed by atoms with van der Waals surface area (Å²) >= 11 is 0. The van der Waals surface area contributed by atoms with Crippen LogP contribution in [0.4, 0.5) is 5.69 Å². The molecule has 1 atom stereocenters. The summed E-state index contributed by atoms with van der Waals surface area (Å²) in [5, 5.41) is 6.09. The molecule has 4 nitrogen and oxygen atoms in total. The molecule has 0 radical (unpaired) electrons. The number of ether oxygens (including phenoxy) is 1. The third-order valence-electron chi connectivity index (χ3n) is 2.55. The topological polar surface area (TPSA) is 50.4 Å². The Kier molecular flexibility index (Phi) is 6.36. The van der Waals surface area contributed by atoms with Gasteiger partial charge >= 0.3 is 0 Å². The van der Waals surface area contributed by atoms with Crippen molar-refractivity contribution in [3.05, 3.63) is 24.3 Å². The molecule has 4 heteroatoms. The molecule has 2 N–H and O–H groups in total. The van der Waals surface area contributed by atoms with E-state index < -0.39 is 0 Å². The Bertz CT molecular complexity index is 388. The number of benzene rings is 1. The predicted molar refractivity (Wildman–Crippen MR) is 78.6 cm³/mol. The lowest BCUT2D eigenvalue weighted by Gasteiger charge is -2.13. The van der Waals surface area contributed by atoms with Gasteiger partial charge in [0.25, 0.3) is 0 Å².